The molecule has 6 heteroatoms. The van der Waals surface area contributed by atoms with E-state index in [1.807, 2.05) is 0 Å². The fraction of sp³-hybridized carbons (Fsp3) is 0.538. The summed E-state index contributed by atoms with van der Waals surface area (Å²) in [5, 5.41) is 10.3. The summed E-state index contributed by atoms with van der Waals surface area (Å²) in [4.78, 5) is 17.2. The summed E-state index contributed by atoms with van der Waals surface area (Å²) in [5.41, 5.74) is 4.78. The number of halogens is 1. The van der Waals surface area contributed by atoms with Crippen LogP contribution in [-0.2, 0) is 0 Å². The Kier molecular flexibility index (Phi) is 3.71. The summed E-state index contributed by atoms with van der Waals surface area (Å²) >= 11 is 0. The molecule has 1 aliphatic carbocycles. The summed E-state index contributed by atoms with van der Waals surface area (Å²) < 4.78 is 13.1. The van der Waals surface area contributed by atoms with Crippen molar-refractivity contribution in [3.63, 3.8) is 0 Å². The van der Waals surface area contributed by atoms with Gasteiger partial charge in [-0.15, -0.1) is 0 Å². The summed E-state index contributed by atoms with van der Waals surface area (Å²) in [7, 11) is 1.57. The highest BCUT2D eigenvalue weighted by atomic mass is 19.1. The van der Waals surface area contributed by atoms with Gasteiger partial charge in [-0.2, -0.15) is 0 Å². The van der Waals surface area contributed by atoms with Crippen molar-refractivity contribution in [2.45, 2.75) is 31.3 Å². The van der Waals surface area contributed by atoms with E-state index in [9.17, 15) is 14.3 Å². The molecule has 1 aromatic rings. The molecule has 1 fully saturated rings. The summed E-state index contributed by atoms with van der Waals surface area (Å²) in [6.45, 7) is 0.224. The highest BCUT2D eigenvalue weighted by molar-refractivity contribution is 5.98. The minimum Gasteiger partial charge on any atom is -0.388 e. The van der Waals surface area contributed by atoms with Gasteiger partial charge in [0, 0.05) is 13.6 Å². The van der Waals surface area contributed by atoms with E-state index in [2.05, 4.69) is 4.98 Å². The topological polar surface area (TPSA) is 79.5 Å². The average Bonchev–Trinajstić information content (AvgIpc) is 2.78. The van der Waals surface area contributed by atoms with Crippen LogP contribution in [-0.4, -0.2) is 40.1 Å². The second-order valence-electron chi connectivity index (χ2n) is 5.18. The first-order valence-electron chi connectivity index (χ1n) is 6.30. The van der Waals surface area contributed by atoms with Crippen molar-refractivity contribution in [1.82, 2.24) is 9.88 Å². The van der Waals surface area contributed by atoms with Gasteiger partial charge in [0.15, 0.2) is 0 Å². The zero-order chi connectivity index (χ0) is 14.0. The third-order valence-electron chi connectivity index (χ3n) is 3.53. The fourth-order valence-electron chi connectivity index (χ4n) is 2.53. The smallest absolute Gasteiger partial charge is 0.257 e. The summed E-state index contributed by atoms with van der Waals surface area (Å²) in [5.74, 6) is -1.04. The lowest BCUT2D eigenvalue weighted by Gasteiger charge is -2.28. The Labute approximate surface area is 111 Å². The molecule has 2 rings (SSSR count). The molecular formula is C13H18FN3O2. The Hall–Kier alpha value is -1.69. The number of hydrogen-bond acceptors (Lipinski definition) is 4. The number of nitrogen functional groups attached to an aromatic ring is 1. The monoisotopic (exact) mass is 267 g/mol. The van der Waals surface area contributed by atoms with Gasteiger partial charge in [0.25, 0.3) is 5.91 Å². The number of pyridine rings is 1. The molecule has 1 aromatic heterocycles. The number of anilines is 1. The molecule has 0 bridgehead atoms. The summed E-state index contributed by atoms with van der Waals surface area (Å²) in [6.07, 6.45) is 4.25. The van der Waals surface area contributed by atoms with Crippen LogP contribution in [0.5, 0.6) is 0 Å². The predicted molar refractivity (Wildman–Crippen MR) is 69.0 cm³/mol. The van der Waals surface area contributed by atoms with E-state index in [0.29, 0.717) is 12.8 Å². The molecule has 3 N–H and O–H groups in total. The van der Waals surface area contributed by atoms with Crippen LogP contribution in [0.3, 0.4) is 0 Å². The first kappa shape index (κ1) is 13.7. The quantitative estimate of drug-likeness (QED) is 0.862. The van der Waals surface area contributed by atoms with Crippen molar-refractivity contribution in [2.75, 3.05) is 19.3 Å². The molecule has 1 saturated carbocycles. The van der Waals surface area contributed by atoms with E-state index in [4.69, 9.17) is 5.73 Å². The van der Waals surface area contributed by atoms with Gasteiger partial charge in [-0.05, 0) is 18.9 Å². The number of aliphatic hydroxyl groups is 1. The molecule has 5 nitrogen and oxygen atoms in total. The first-order valence-corrected chi connectivity index (χ1v) is 6.30. The molecule has 0 aromatic carbocycles. The van der Waals surface area contributed by atoms with Crippen LogP contribution in [0, 0.1) is 5.82 Å². The number of carbonyl (C=O) groups is 1. The van der Waals surface area contributed by atoms with Crippen LogP contribution in [0.2, 0.25) is 0 Å². The van der Waals surface area contributed by atoms with E-state index in [1.165, 1.54) is 4.90 Å². The number of nitrogens with zero attached hydrogens (tertiary/aromatic N) is 2. The third kappa shape index (κ3) is 3.01. The predicted octanol–water partition coefficient (Wildman–Crippen LogP) is 1.18. The molecule has 19 heavy (non-hydrogen) atoms. The zero-order valence-corrected chi connectivity index (χ0v) is 10.9. The number of carbonyl (C=O) groups excluding carboxylic acids is 1. The van der Waals surface area contributed by atoms with Gasteiger partial charge in [0.05, 0.1) is 17.4 Å². The SMILES string of the molecule is CN(CC1(O)CCCC1)C(=O)c1cc(F)cnc1N. The Balaban J connectivity index is 2.12. The maximum Gasteiger partial charge on any atom is 0.257 e. The van der Waals surface area contributed by atoms with Gasteiger partial charge in [-0.3, -0.25) is 4.79 Å². The van der Waals surface area contributed by atoms with Crippen molar-refractivity contribution in [1.29, 1.82) is 0 Å². The number of amides is 1. The molecular weight excluding hydrogens is 249 g/mol. The Morgan fingerprint density at radius 1 is 1.58 bits per heavy atom. The van der Waals surface area contributed by atoms with Crippen LogP contribution in [0.25, 0.3) is 0 Å². The Morgan fingerprint density at radius 2 is 2.21 bits per heavy atom. The fourth-order valence-corrected chi connectivity index (χ4v) is 2.53. The van der Waals surface area contributed by atoms with Gasteiger partial charge < -0.3 is 15.7 Å². The molecule has 0 aliphatic heterocycles. The van der Waals surface area contributed by atoms with Crippen molar-refractivity contribution in [2.24, 2.45) is 0 Å². The number of aromatic nitrogens is 1. The van der Waals surface area contributed by atoms with Gasteiger partial charge in [0.1, 0.15) is 11.6 Å². The lowest BCUT2D eigenvalue weighted by Crippen LogP contribution is -2.42. The average molecular weight is 267 g/mol. The standard InChI is InChI=1S/C13H18FN3O2/c1-17(8-13(19)4-2-3-5-13)12(18)10-6-9(14)7-16-11(10)15/h6-7,19H,2-5,8H2,1H3,(H2,15,16). The highest BCUT2D eigenvalue weighted by Gasteiger charge is 2.34. The largest absolute Gasteiger partial charge is 0.388 e. The molecule has 104 valence electrons. The summed E-state index contributed by atoms with van der Waals surface area (Å²) in [6, 6.07) is 1.07. The number of nitrogens with two attached hydrogens (primary N) is 1. The van der Waals surface area contributed by atoms with Gasteiger partial charge in [-0.25, -0.2) is 9.37 Å². The van der Waals surface area contributed by atoms with E-state index >= 15 is 0 Å². The maximum absolute atomic E-state index is 13.1. The molecule has 1 amide bonds. The van der Waals surface area contributed by atoms with E-state index in [0.717, 1.165) is 25.1 Å². The van der Waals surface area contributed by atoms with Gasteiger partial charge in [0.2, 0.25) is 0 Å². The van der Waals surface area contributed by atoms with Gasteiger partial charge >= 0.3 is 0 Å². The molecule has 0 spiro atoms. The van der Waals surface area contributed by atoms with Crippen LogP contribution < -0.4 is 5.73 Å². The molecule has 0 unspecified atom stereocenters. The van der Waals surface area contributed by atoms with Crippen LogP contribution in [0.15, 0.2) is 12.3 Å². The highest BCUT2D eigenvalue weighted by Crippen LogP contribution is 2.30. The lowest BCUT2D eigenvalue weighted by molar-refractivity contribution is 0.0157. The minimum atomic E-state index is -0.833. The number of likely N-dealkylation sites (N-methyl/N-ethyl adjacent to an activating group) is 1. The number of rotatable bonds is 3. The van der Waals surface area contributed by atoms with Crippen molar-refractivity contribution in [3.8, 4) is 0 Å². The molecule has 1 heterocycles. The van der Waals surface area contributed by atoms with E-state index < -0.39 is 17.3 Å². The third-order valence-corrected chi connectivity index (χ3v) is 3.53. The molecule has 0 radical (unpaired) electrons. The normalized spacial score (nSPS) is 17.4. The second-order valence-corrected chi connectivity index (χ2v) is 5.18. The molecule has 0 saturated heterocycles. The minimum absolute atomic E-state index is 0.00309. The van der Waals surface area contributed by atoms with Crippen molar-refractivity contribution < 1.29 is 14.3 Å². The van der Waals surface area contributed by atoms with E-state index in [-0.39, 0.29) is 17.9 Å². The first-order chi connectivity index (χ1) is 8.91. The molecule has 0 atom stereocenters. The van der Waals surface area contributed by atoms with Crippen LogP contribution in [0.4, 0.5) is 10.2 Å². The Bertz CT molecular complexity index is 487. The maximum atomic E-state index is 13.1. The zero-order valence-electron chi connectivity index (χ0n) is 10.9. The second kappa shape index (κ2) is 5.13. The Morgan fingerprint density at radius 3 is 2.84 bits per heavy atom. The lowest BCUT2D eigenvalue weighted by atomic mass is 10.0. The van der Waals surface area contributed by atoms with Crippen molar-refractivity contribution >= 4 is 11.7 Å². The van der Waals surface area contributed by atoms with Gasteiger partial charge in [-0.1, -0.05) is 12.8 Å². The van der Waals surface area contributed by atoms with Crippen LogP contribution >= 0.6 is 0 Å². The van der Waals surface area contributed by atoms with Crippen molar-refractivity contribution in [3.05, 3.63) is 23.6 Å². The van der Waals surface area contributed by atoms with Crippen LogP contribution in [0.1, 0.15) is 36.0 Å². The number of hydrogen-bond donors (Lipinski definition) is 2. The molecule has 1 aliphatic rings. The van der Waals surface area contributed by atoms with E-state index in [1.54, 1.807) is 7.05 Å².